The van der Waals surface area contributed by atoms with E-state index in [2.05, 4.69) is 15.6 Å². The van der Waals surface area contributed by atoms with E-state index < -0.39 is 5.97 Å². The van der Waals surface area contributed by atoms with Crippen LogP contribution in [0.5, 0.6) is 0 Å². The summed E-state index contributed by atoms with van der Waals surface area (Å²) in [5.41, 5.74) is -0.221. The highest BCUT2D eigenvalue weighted by Crippen LogP contribution is 2.00. The largest absolute Gasteiger partial charge is 0.476 e. The fourth-order valence-electron chi connectivity index (χ4n) is 1.73. The molecule has 0 radical (unpaired) electrons. The number of carbonyl (C=O) groups is 3. The maximum absolute atomic E-state index is 12.0. The average molecular weight is 267 g/mol. The van der Waals surface area contributed by atoms with Gasteiger partial charge in [0.25, 0.3) is 0 Å². The lowest BCUT2D eigenvalue weighted by molar-refractivity contribution is -0.135. The molecule has 19 heavy (non-hydrogen) atoms. The van der Waals surface area contributed by atoms with Gasteiger partial charge in [-0.25, -0.2) is 9.48 Å². The smallest absolute Gasteiger partial charge is 0.358 e. The summed E-state index contributed by atoms with van der Waals surface area (Å²) in [6.45, 7) is 0.917. The van der Waals surface area contributed by atoms with Gasteiger partial charge in [-0.1, -0.05) is 5.21 Å². The number of carbonyl (C=O) groups excluding carboxylic acids is 2. The minimum atomic E-state index is -1.20. The van der Waals surface area contributed by atoms with E-state index in [9.17, 15) is 14.4 Å². The van der Waals surface area contributed by atoms with E-state index in [1.54, 1.807) is 0 Å². The maximum atomic E-state index is 12.0. The molecule has 2 amide bonds. The Balaban J connectivity index is 1.99. The van der Waals surface area contributed by atoms with Crippen LogP contribution >= 0.6 is 0 Å². The monoisotopic (exact) mass is 267 g/mol. The third kappa shape index (κ3) is 3.27. The van der Waals surface area contributed by atoms with Gasteiger partial charge in [-0.15, -0.1) is 5.10 Å². The highest BCUT2D eigenvalue weighted by atomic mass is 16.4. The molecular formula is C10H13N5O4. The van der Waals surface area contributed by atoms with Gasteiger partial charge in [-0.05, 0) is 6.42 Å². The van der Waals surface area contributed by atoms with Crippen LogP contribution in [0.25, 0.3) is 0 Å². The van der Waals surface area contributed by atoms with Crippen molar-refractivity contribution in [2.75, 3.05) is 19.6 Å². The second-order valence-electron chi connectivity index (χ2n) is 4.13. The van der Waals surface area contributed by atoms with Crippen molar-refractivity contribution < 1.29 is 19.5 Å². The topological polar surface area (TPSA) is 117 Å². The molecule has 1 saturated heterocycles. The first-order valence-electron chi connectivity index (χ1n) is 5.74. The average Bonchev–Trinajstić information content (AvgIpc) is 2.71. The Morgan fingerprint density at radius 3 is 2.95 bits per heavy atom. The quantitative estimate of drug-likeness (QED) is 0.675. The molecule has 2 heterocycles. The second kappa shape index (κ2) is 5.46. The lowest BCUT2D eigenvalue weighted by atomic mass is 10.4. The molecule has 2 N–H and O–H groups in total. The molecule has 0 aromatic carbocycles. The number of carboxylic acids is 1. The van der Waals surface area contributed by atoms with Crippen molar-refractivity contribution in [1.82, 2.24) is 25.2 Å². The molecule has 9 nitrogen and oxygen atoms in total. The van der Waals surface area contributed by atoms with Crippen LogP contribution in [0.4, 0.5) is 0 Å². The van der Waals surface area contributed by atoms with Crippen LogP contribution in [-0.4, -0.2) is 62.4 Å². The lowest BCUT2D eigenvalue weighted by Gasteiger charge is -2.18. The molecule has 0 saturated carbocycles. The number of nitrogens with one attached hydrogen (secondary N) is 1. The number of nitrogens with zero attached hydrogens (tertiary/aromatic N) is 4. The summed E-state index contributed by atoms with van der Waals surface area (Å²) in [6, 6.07) is 0. The highest BCUT2D eigenvalue weighted by molar-refractivity contribution is 5.86. The Bertz CT molecular complexity index is 512. The predicted molar refractivity (Wildman–Crippen MR) is 61.2 cm³/mol. The number of rotatable bonds is 3. The van der Waals surface area contributed by atoms with Gasteiger partial charge in [0.1, 0.15) is 6.54 Å². The maximum Gasteiger partial charge on any atom is 0.358 e. The minimum absolute atomic E-state index is 0.0132. The standard InChI is InChI=1S/C10H13N5O4/c16-8-5-14(3-1-2-11-8)9(17)6-15-4-7(10(18)19)12-13-15/h4H,1-3,5-6H2,(H,11,16)(H,18,19). The molecule has 2 rings (SSSR count). The lowest BCUT2D eigenvalue weighted by Crippen LogP contribution is -2.39. The number of aromatic carboxylic acids is 1. The number of hydrogen-bond acceptors (Lipinski definition) is 5. The second-order valence-corrected chi connectivity index (χ2v) is 4.13. The molecule has 9 heteroatoms. The van der Waals surface area contributed by atoms with Crippen molar-refractivity contribution in [2.24, 2.45) is 0 Å². The molecule has 0 spiro atoms. The summed E-state index contributed by atoms with van der Waals surface area (Å²) in [5, 5.41) is 18.3. The van der Waals surface area contributed by atoms with Crippen molar-refractivity contribution >= 4 is 17.8 Å². The highest BCUT2D eigenvalue weighted by Gasteiger charge is 2.20. The van der Waals surface area contributed by atoms with E-state index in [4.69, 9.17) is 5.11 Å². The number of aromatic nitrogens is 3. The molecule has 0 atom stereocenters. The van der Waals surface area contributed by atoms with Crippen molar-refractivity contribution in [3.05, 3.63) is 11.9 Å². The Hall–Kier alpha value is -2.45. The molecule has 1 fully saturated rings. The van der Waals surface area contributed by atoms with Gasteiger partial charge in [0.15, 0.2) is 5.69 Å². The van der Waals surface area contributed by atoms with Gasteiger partial charge in [-0.3, -0.25) is 9.59 Å². The third-order valence-corrected chi connectivity index (χ3v) is 2.67. The van der Waals surface area contributed by atoms with Crippen LogP contribution in [0, 0.1) is 0 Å². The zero-order valence-electron chi connectivity index (χ0n) is 10.1. The Kier molecular flexibility index (Phi) is 3.74. The zero-order chi connectivity index (χ0) is 13.8. The van der Waals surface area contributed by atoms with Crippen LogP contribution in [0.1, 0.15) is 16.9 Å². The van der Waals surface area contributed by atoms with Crippen molar-refractivity contribution in [2.45, 2.75) is 13.0 Å². The summed E-state index contributed by atoms with van der Waals surface area (Å²) in [7, 11) is 0. The zero-order valence-corrected chi connectivity index (χ0v) is 10.1. The Labute approximate surface area is 108 Å². The molecule has 1 aliphatic heterocycles. The van der Waals surface area contributed by atoms with E-state index >= 15 is 0 Å². The molecule has 0 aliphatic carbocycles. The molecular weight excluding hydrogens is 254 g/mol. The van der Waals surface area contributed by atoms with Crippen molar-refractivity contribution in [3.63, 3.8) is 0 Å². The molecule has 1 aliphatic rings. The van der Waals surface area contributed by atoms with Crippen LogP contribution in [0.2, 0.25) is 0 Å². The first-order valence-corrected chi connectivity index (χ1v) is 5.74. The first kappa shape index (κ1) is 13.0. The fourth-order valence-corrected chi connectivity index (χ4v) is 1.73. The molecule has 1 aromatic heterocycles. The van der Waals surface area contributed by atoms with Gasteiger partial charge < -0.3 is 15.3 Å². The third-order valence-electron chi connectivity index (χ3n) is 2.67. The molecule has 1 aromatic rings. The van der Waals surface area contributed by atoms with Gasteiger partial charge in [-0.2, -0.15) is 0 Å². The van der Waals surface area contributed by atoms with E-state index in [0.29, 0.717) is 19.5 Å². The summed E-state index contributed by atoms with van der Waals surface area (Å²) >= 11 is 0. The SMILES string of the molecule is O=C1CN(C(=O)Cn2cc(C(=O)O)nn2)CCCN1. The number of amides is 2. The normalized spacial score (nSPS) is 15.8. The van der Waals surface area contributed by atoms with Gasteiger partial charge in [0.2, 0.25) is 11.8 Å². The molecule has 0 unspecified atom stereocenters. The van der Waals surface area contributed by atoms with Gasteiger partial charge in [0.05, 0.1) is 12.7 Å². The summed E-state index contributed by atoms with van der Waals surface area (Å²) in [6.07, 6.45) is 1.87. The molecule has 0 bridgehead atoms. The van der Waals surface area contributed by atoms with E-state index in [-0.39, 0.29) is 30.6 Å². The Morgan fingerprint density at radius 1 is 1.47 bits per heavy atom. The minimum Gasteiger partial charge on any atom is -0.476 e. The summed E-state index contributed by atoms with van der Waals surface area (Å²) < 4.78 is 1.15. The summed E-state index contributed by atoms with van der Waals surface area (Å²) in [4.78, 5) is 35.3. The van der Waals surface area contributed by atoms with Crippen LogP contribution in [-0.2, 0) is 16.1 Å². The van der Waals surface area contributed by atoms with Crippen molar-refractivity contribution in [1.29, 1.82) is 0 Å². The summed E-state index contributed by atoms with van der Waals surface area (Å²) in [5.74, 6) is -1.69. The first-order chi connectivity index (χ1) is 9.06. The van der Waals surface area contributed by atoms with Crippen LogP contribution in [0.15, 0.2) is 6.20 Å². The van der Waals surface area contributed by atoms with Gasteiger partial charge >= 0.3 is 5.97 Å². The van der Waals surface area contributed by atoms with E-state index in [0.717, 1.165) is 4.68 Å². The number of carboxylic acid groups (broad SMARTS) is 1. The Morgan fingerprint density at radius 2 is 2.26 bits per heavy atom. The number of hydrogen-bond donors (Lipinski definition) is 2. The van der Waals surface area contributed by atoms with Crippen LogP contribution < -0.4 is 5.32 Å². The fraction of sp³-hybridized carbons (Fsp3) is 0.500. The van der Waals surface area contributed by atoms with E-state index in [1.807, 2.05) is 0 Å². The predicted octanol–water partition coefficient (Wildman–Crippen LogP) is -1.68. The van der Waals surface area contributed by atoms with Crippen molar-refractivity contribution in [3.8, 4) is 0 Å². The van der Waals surface area contributed by atoms with Gasteiger partial charge in [0, 0.05) is 13.1 Å². The van der Waals surface area contributed by atoms with Crippen LogP contribution in [0.3, 0.4) is 0 Å². The van der Waals surface area contributed by atoms with E-state index in [1.165, 1.54) is 11.1 Å². The molecule has 102 valence electrons.